The second-order valence-electron chi connectivity index (χ2n) is 9.83. The number of hydrogen-bond acceptors (Lipinski definition) is 4. The first-order valence-electron chi connectivity index (χ1n) is 13.6. The Bertz CT molecular complexity index is 1550. The number of nitrogens with zero attached hydrogens (tertiary/aromatic N) is 3. The molecule has 0 saturated heterocycles. The van der Waals surface area contributed by atoms with Gasteiger partial charge in [0.05, 0.1) is 23.6 Å². The maximum absolute atomic E-state index is 14.3. The molecule has 0 atom stereocenters. The highest BCUT2D eigenvalue weighted by molar-refractivity contribution is 5.72. The van der Waals surface area contributed by atoms with Crippen LogP contribution in [-0.2, 0) is 25.7 Å². The van der Waals surface area contributed by atoms with E-state index >= 15 is 0 Å². The van der Waals surface area contributed by atoms with Crippen molar-refractivity contribution in [2.24, 2.45) is 0 Å². The van der Waals surface area contributed by atoms with Crippen molar-refractivity contribution < 1.29 is 4.74 Å². The molecule has 0 unspecified atom stereocenters. The molecule has 1 aromatic heterocycles. The molecule has 0 saturated carbocycles. The van der Waals surface area contributed by atoms with Crippen LogP contribution in [0.5, 0.6) is 5.75 Å². The van der Waals surface area contributed by atoms with Crippen LogP contribution in [0.25, 0.3) is 16.8 Å². The molecule has 0 amide bonds. The highest BCUT2D eigenvalue weighted by Crippen LogP contribution is 2.29. The van der Waals surface area contributed by atoms with E-state index in [1.807, 2.05) is 60.7 Å². The predicted molar refractivity (Wildman–Crippen MR) is 151 cm³/mol. The van der Waals surface area contributed by atoms with E-state index < -0.39 is 0 Å². The SMILES string of the molecule is CCCCc1nc(CCC)n(-c2ccc3c(c2)CCO3)c(=O)c1Cc1cccc(-c2ccccc2)c1C#N. The molecular weight excluding hydrogens is 470 g/mol. The van der Waals surface area contributed by atoms with Crippen LogP contribution < -0.4 is 10.3 Å². The Morgan fingerprint density at radius 2 is 1.84 bits per heavy atom. The largest absolute Gasteiger partial charge is 0.493 e. The van der Waals surface area contributed by atoms with E-state index in [2.05, 4.69) is 26.0 Å². The van der Waals surface area contributed by atoms with Crippen molar-refractivity contribution in [1.29, 1.82) is 5.26 Å². The fourth-order valence-electron chi connectivity index (χ4n) is 5.28. The number of aromatic nitrogens is 2. The van der Waals surface area contributed by atoms with Gasteiger partial charge in [-0.15, -0.1) is 0 Å². The smallest absolute Gasteiger partial charge is 0.261 e. The van der Waals surface area contributed by atoms with E-state index in [0.717, 1.165) is 83.7 Å². The second kappa shape index (κ2) is 11.5. The van der Waals surface area contributed by atoms with Crippen molar-refractivity contribution >= 4 is 0 Å². The van der Waals surface area contributed by atoms with Crippen LogP contribution >= 0.6 is 0 Å². The third-order valence-corrected chi connectivity index (χ3v) is 7.22. The molecule has 1 aliphatic heterocycles. The first-order valence-corrected chi connectivity index (χ1v) is 13.6. The Morgan fingerprint density at radius 1 is 1.00 bits per heavy atom. The van der Waals surface area contributed by atoms with Crippen LogP contribution in [0.15, 0.2) is 71.5 Å². The lowest BCUT2D eigenvalue weighted by molar-refractivity contribution is 0.357. The maximum atomic E-state index is 14.3. The van der Waals surface area contributed by atoms with E-state index in [1.165, 1.54) is 0 Å². The molecule has 192 valence electrons. The molecule has 0 fully saturated rings. The summed E-state index contributed by atoms with van der Waals surface area (Å²) < 4.78 is 7.49. The molecule has 0 N–H and O–H groups in total. The van der Waals surface area contributed by atoms with Gasteiger partial charge < -0.3 is 4.74 Å². The van der Waals surface area contributed by atoms with Gasteiger partial charge in [0.1, 0.15) is 17.6 Å². The van der Waals surface area contributed by atoms with Crippen molar-refractivity contribution in [1.82, 2.24) is 9.55 Å². The molecule has 0 spiro atoms. The Labute approximate surface area is 224 Å². The average molecular weight is 504 g/mol. The summed E-state index contributed by atoms with van der Waals surface area (Å²) in [6, 6.07) is 24.3. The minimum Gasteiger partial charge on any atom is -0.493 e. The molecule has 3 aromatic carbocycles. The Morgan fingerprint density at radius 3 is 2.61 bits per heavy atom. The topological polar surface area (TPSA) is 67.9 Å². The van der Waals surface area contributed by atoms with Crippen molar-refractivity contribution in [3.8, 4) is 28.6 Å². The molecule has 38 heavy (non-hydrogen) atoms. The highest BCUT2D eigenvalue weighted by Gasteiger charge is 2.21. The lowest BCUT2D eigenvalue weighted by atomic mass is 9.92. The van der Waals surface area contributed by atoms with Crippen molar-refractivity contribution in [3.63, 3.8) is 0 Å². The summed E-state index contributed by atoms with van der Waals surface area (Å²) in [5, 5.41) is 10.2. The number of hydrogen-bond donors (Lipinski definition) is 0. The summed E-state index contributed by atoms with van der Waals surface area (Å²) in [6.45, 7) is 4.93. The summed E-state index contributed by atoms with van der Waals surface area (Å²) in [5.74, 6) is 1.69. The molecule has 5 rings (SSSR count). The number of fused-ring (bicyclic) bond motifs is 1. The minimum atomic E-state index is -0.0394. The van der Waals surface area contributed by atoms with Gasteiger partial charge in [0.15, 0.2) is 0 Å². The first-order chi connectivity index (χ1) is 18.6. The van der Waals surface area contributed by atoms with Gasteiger partial charge in [-0.2, -0.15) is 5.26 Å². The second-order valence-corrected chi connectivity index (χ2v) is 9.83. The zero-order valence-corrected chi connectivity index (χ0v) is 22.2. The highest BCUT2D eigenvalue weighted by atomic mass is 16.5. The molecule has 0 bridgehead atoms. The van der Waals surface area contributed by atoms with Crippen molar-refractivity contribution in [2.75, 3.05) is 6.61 Å². The van der Waals surface area contributed by atoms with E-state index in [4.69, 9.17) is 9.72 Å². The summed E-state index contributed by atoms with van der Waals surface area (Å²) in [7, 11) is 0. The maximum Gasteiger partial charge on any atom is 0.261 e. The normalized spacial score (nSPS) is 12.1. The summed E-state index contributed by atoms with van der Waals surface area (Å²) >= 11 is 0. The lowest BCUT2D eigenvalue weighted by Crippen LogP contribution is -2.29. The zero-order valence-electron chi connectivity index (χ0n) is 22.2. The third kappa shape index (κ3) is 4.99. The molecule has 5 heteroatoms. The number of ether oxygens (including phenoxy) is 1. The van der Waals surface area contributed by atoms with Gasteiger partial charge in [-0.3, -0.25) is 9.36 Å². The standard InChI is InChI=1S/C33H33N3O2/c1-3-5-15-30-28(21-24-13-9-14-27(29(24)22-34)23-11-7-6-8-12-23)33(37)36(32(35-30)10-4-2)26-16-17-31-25(20-26)18-19-38-31/h6-9,11-14,16-17,20H,3-5,10,15,18-19,21H2,1-2H3. The number of unbranched alkanes of at least 4 members (excludes halogenated alkanes) is 1. The van der Waals surface area contributed by atoms with Crippen LogP contribution in [0.2, 0.25) is 0 Å². The number of rotatable bonds is 9. The van der Waals surface area contributed by atoms with Gasteiger partial charge in [-0.05, 0) is 59.7 Å². The molecule has 5 nitrogen and oxygen atoms in total. The fraction of sp³-hybridized carbons (Fsp3) is 0.303. The van der Waals surface area contributed by atoms with Crippen LogP contribution in [0.3, 0.4) is 0 Å². The average Bonchev–Trinajstić information content (AvgIpc) is 3.42. The fourth-order valence-corrected chi connectivity index (χ4v) is 5.28. The van der Waals surface area contributed by atoms with E-state index in [-0.39, 0.29) is 5.56 Å². The summed E-state index contributed by atoms with van der Waals surface area (Å²) in [6.07, 6.45) is 5.55. The third-order valence-electron chi connectivity index (χ3n) is 7.22. The Kier molecular flexibility index (Phi) is 7.70. The van der Waals surface area contributed by atoms with Gasteiger partial charge in [0.2, 0.25) is 0 Å². The molecule has 0 aliphatic carbocycles. The van der Waals surface area contributed by atoms with Crippen LogP contribution in [0.1, 0.15) is 66.9 Å². The van der Waals surface area contributed by atoms with Crippen molar-refractivity contribution in [3.05, 3.63) is 111 Å². The number of benzene rings is 3. The van der Waals surface area contributed by atoms with Gasteiger partial charge >= 0.3 is 0 Å². The molecule has 4 aromatic rings. The monoisotopic (exact) mass is 503 g/mol. The van der Waals surface area contributed by atoms with E-state index in [9.17, 15) is 10.1 Å². The van der Waals surface area contributed by atoms with Gasteiger partial charge in [-0.25, -0.2) is 4.98 Å². The van der Waals surface area contributed by atoms with Crippen LogP contribution in [0, 0.1) is 11.3 Å². The molecule has 2 heterocycles. The predicted octanol–water partition coefficient (Wildman–Crippen LogP) is 6.59. The van der Waals surface area contributed by atoms with Gasteiger partial charge in [0, 0.05) is 24.8 Å². The number of aryl methyl sites for hydroxylation is 2. The minimum absolute atomic E-state index is 0.0394. The lowest BCUT2D eigenvalue weighted by Gasteiger charge is -2.18. The van der Waals surface area contributed by atoms with Crippen LogP contribution in [-0.4, -0.2) is 16.2 Å². The van der Waals surface area contributed by atoms with Gasteiger partial charge in [0.25, 0.3) is 5.56 Å². The quantitative estimate of drug-likeness (QED) is 0.258. The molecule has 1 aliphatic rings. The molecule has 0 radical (unpaired) electrons. The Balaban J connectivity index is 1.67. The Hall–Kier alpha value is -4.17. The summed E-state index contributed by atoms with van der Waals surface area (Å²) in [5.41, 5.74) is 6.78. The van der Waals surface area contributed by atoms with Crippen molar-refractivity contribution in [2.45, 2.75) is 58.8 Å². The van der Waals surface area contributed by atoms with Gasteiger partial charge in [-0.1, -0.05) is 68.8 Å². The number of nitriles is 1. The van der Waals surface area contributed by atoms with E-state index in [1.54, 1.807) is 4.57 Å². The van der Waals surface area contributed by atoms with Crippen LogP contribution in [0.4, 0.5) is 0 Å². The first kappa shape index (κ1) is 25.5. The van der Waals surface area contributed by atoms with E-state index in [0.29, 0.717) is 24.2 Å². The molecular formula is C33H33N3O2. The zero-order chi connectivity index (χ0) is 26.5. The summed E-state index contributed by atoms with van der Waals surface area (Å²) in [4.78, 5) is 19.4.